The van der Waals surface area contributed by atoms with E-state index >= 15 is 0 Å². The molecular weight excluding hydrogens is 324 g/mol. The predicted molar refractivity (Wildman–Crippen MR) is 101 cm³/mol. The van der Waals surface area contributed by atoms with Crippen molar-refractivity contribution in [1.29, 1.82) is 0 Å². The normalized spacial score (nSPS) is 19.5. The maximum atomic E-state index is 12.6. The Morgan fingerprint density at radius 3 is 2.92 bits per heavy atom. The summed E-state index contributed by atoms with van der Waals surface area (Å²) in [6.07, 6.45) is 7.58. The molecule has 1 N–H and O–H groups in total. The van der Waals surface area contributed by atoms with Crippen molar-refractivity contribution in [2.24, 2.45) is 0 Å². The van der Waals surface area contributed by atoms with Crippen molar-refractivity contribution in [2.75, 3.05) is 13.6 Å². The van der Waals surface area contributed by atoms with Gasteiger partial charge in [0.25, 0.3) is 5.91 Å². The Kier molecular flexibility index (Phi) is 4.72. The van der Waals surface area contributed by atoms with Gasteiger partial charge in [-0.05, 0) is 75.9 Å². The van der Waals surface area contributed by atoms with E-state index in [-0.39, 0.29) is 5.91 Å². The molecule has 136 valence electrons. The van der Waals surface area contributed by atoms with Crippen molar-refractivity contribution in [3.63, 3.8) is 0 Å². The van der Waals surface area contributed by atoms with Gasteiger partial charge in [0.2, 0.25) is 0 Å². The molecule has 2 aliphatic rings. The number of fused-ring (bicyclic) bond motifs is 1. The van der Waals surface area contributed by atoms with Crippen LogP contribution in [0.1, 0.15) is 63.9 Å². The number of hydrogen-bond acceptors (Lipinski definition) is 4. The number of benzene rings is 1. The first-order valence-electron chi connectivity index (χ1n) is 9.54. The van der Waals surface area contributed by atoms with Crippen LogP contribution in [0.15, 0.2) is 24.4 Å². The van der Waals surface area contributed by atoms with Crippen LogP contribution in [0.3, 0.4) is 0 Å². The topological polar surface area (TPSA) is 58.1 Å². The van der Waals surface area contributed by atoms with Gasteiger partial charge in [0.15, 0.2) is 0 Å². The van der Waals surface area contributed by atoms with Crippen molar-refractivity contribution >= 4 is 5.91 Å². The number of aryl methyl sites for hydroxylation is 3. The number of nitrogens with zero attached hydrogens (tertiary/aromatic N) is 3. The number of carbonyl (C=O) groups excluding carboxylic acids is 1. The van der Waals surface area contributed by atoms with Crippen LogP contribution in [0, 0.1) is 6.92 Å². The lowest BCUT2D eigenvalue weighted by molar-refractivity contribution is 0.0950. The zero-order valence-corrected chi connectivity index (χ0v) is 15.6. The van der Waals surface area contributed by atoms with Gasteiger partial charge in [0, 0.05) is 23.9 Å². The Bertz CT molecular complexity index is 833. The second-order valence-corrected chi connectivity index (χ2v) is 7.49. The third-order valence-electron chi connectivity index (χ3n) is 5.65. The molecule has 1 atom stereocenters. The van der Waals surface area contributed by atoms with Gasteiger partial charge < -0.3 is 5.32 Å². The number of rotatable bonds is 4. The third kappa shape index (κ3) is 3.36. The van der Waals surface area contributed by atoms with Gasteiger partial charge in [-0.1, -0.05) is 6.07 Å². The van der Waals surface area contributed by atoms with Crippen molar-refractivity contribution in [2.45, 2.75) is 51.6 Å². The van der Waals surface area contributed by atoms with Gasteiger partial charge in [-0.25, -0.2) is 9.97 Å². The smallest absolute Gasteiger partial charge is 0.251 e. The molecule has 4 rings (SSSR count). The molecule has 1 aliphatic heterocycles. The van der Waals surface area contributed by atoms with Crippen molar-refractivity contribution in [3.8, 4) is 0 Å². The fourth-order valence-corrected chi connectivity index (χ4v) is 4.18. The van der Waals surface area contributed by atoms with Gasteiger partial charge in [-0.2, -0.15) is 0 Å². The van der Waals surface area contributed by atoms with Crippen molar-refractivity contribution < 1.29 is 4.79 Å². The lowest BCUT2D eigenvalue weighted by Crippen LogP contribution is -2.26. The van der Waals surface area contributed by atoms with Crippen LogP contribution in [0.5, 0.6) is 0 Å². The molecule has 0 radical (unpaired) electrons. The highest BCUT2D eigenvalue weighted by molar-refractivity contribution is 5.94. The summed E-state index contributed by atoms with van der Waals surface area (Å²) >= 11 is 0. The molecule has 26 heavy (non-hydrogen) atoms. The SMILES string of the molecule is Cc1ncc(CNC(=O)c2ccc3c(c2)CCC3)c(C2CCCN2C)n1. The zero-order chi connectivity index (χ0) is 18.1. The molecular formula is C21H26N4O. The minimum atomic E-state index is -0.0222. The summed E-state index contributed by atoms with van der Waals surface area (Å²) in [5.41, 5.74) is 5.54. The summed E-state index contributed by atoms with van der Waals surface area (Å²) in [6.45, 7) is 3.48. The standard InChI is InChI=1S/C21H26N4O/c1-14-22-12-18(20(24-14)19-7-4-10-25(19)2)13-23-21(26)17-9-8-15-5-3-6-16(15)11-17/h8-9,11-12,19H,3-7,10,13H2,1-2H3,(H,23,26). The molecule has 1 fully saturated rings. The highest BCUT2D eigenvalue weighted by Crippen LogP contribution is 2.31. The first-order valence-corrected chi connectivity index (χ1v) is 9.54. The van der Waals surface area contributed by atoms with Gasteiger partial charge in [-0.15, -0.1) is 0 Å². The molecule has 1 amide bonds. The van der Waals surface area contributed by atoms with Crippen LogP contribution in [-0.2, 0) is 19.4 Å². The average molecular weight is 350 g/mol. The Morgan fingerprint density at radius 1 is 1.27 bits per heavy atom. The predicted octanol–water partition coefficient (Wildman–Crippen LogP) is 2.97. The number of likely N-dealkylation sites (tertiary alicyclic amines) is 1. The average Bonchev–Trinajstić information content (AvgIpc) is 3.28. The molecule has 1 saturated heterocycles. The summed E-state index contributed by atoms with van der Waals surface area (Å²) in [4.78, 5) is 24.0. The molecule has 2 heterocycles. The molecule has 0 bridgehead atoms. The molecule has 0 saturated carbocycles. The van der Waals surface area contributed by atoms with Crippen LogP contribution in [-0.4, -0.2) is 34.4 Å². The van der Waals surface area contributed by atoms with Gasteiger partial charge >= 0.3 is 0 Å². The molecule has 1 aliphatic carbocycles. The summed E-state index contributed by atoms with van der Waals surface area (Å²) in [7, 11) is 2.14. The van der Waals surface area contributed by atoms with E-state index in [2.05, 4.69) is 34.4 Å². The van der Waals surface area contributed by atoms with Crippen LogP contribution in [0.25, 0.3) is 0 Å². The Morgan fingerprint density at radius 2 is 2.12 bits per heavy atom. The Hall–Kier alpha value is -2.27. The first kappa shape index (κ1) is 17.2. The van der Waals surface area contributed by atoms with Crippen LogP contribution >= 0.6 is 0 Å². The van der Waals surface area contributed by atoms with E-state index in [0.717, 1.165) is 48.5 Å². The van der Waals surface area contributed by atoms with Crippen LogP contribution in [0.4, 0.5) is 0 Å². The lowest BCUT2D eigenvalue weighted by Gasteiger charge is -2.21. The van der Waals surface area contributed by atoms with E-state index in [1.54, 1.807) is 0 Å². The Balaban J connectivity index is 1.50. The fraction of sp³-hybridized carbons (Fsp3) is 0.476. The molecule has 2 aromatic rings. The van der Waals surface area contributed by atoms with E-state index in [9.17, 15) is 4.79 Å². The second kappa shape index (κ2) is 7.16. The largest absolute Gasteiger partial charge is 0.348 e. The third-order valence-corrected chi connectivity index (χ3v) is 5.65. The van der Waals surface area contributed by atoms with E-state index < -0.39 is 0 Å². The molecule has 0 spiro atoms. The number of carbonyl (C=O) groups is 1. The van der Waals surface area contributed by atoms with Gasteiger partial charge in [0.1, 0.15) is 5.82 Å². The van der Waals surface area contributed by atoms with E-state index in [1.807, 2.05) is 19.2 Å². The summed E-state index contributed by atoms with van der Waals surface area (Å²) in [6, 6.07) is 6.42. The molecule has 1 aromatic heterocycles. The first-order chi connectivity index (χ1) is 12.6. The van der Waals surface area contributed by atoms with Crippen LogP contribution in [0.2, 0.25) is 0 Å². The second-order valence-electron chi connectivity index (χ2n) is 7.49. The van der Waals surface area contributed by atoms with Gasteiger partial charge in [0.05, 0.1) is 11.7 Å². The summed E-state index contributed by atoms with van der Waals surface area (Å²) in [5.74, 6) is 0.764. The maximum absolute atomic E-state index is 12.6. The number of aromatic nitrogens is 2. The number of amides is 1. The summed E-state index contributed by atoms with van der Waals surface area (Å²) in [5, 5.41) is 3.07. The molecule has 1 unspecified atom stereocenters. The van der Waals surface area contributed by atoms with E-state index in [0.29, 0.717) is 12.6 Å². The maximum Gasteiger partial charge on any atom is 0.251 e. The van der Waals surface area contributed by atoms with Crippen molar-refractivity contribution in [1.82, 2.24) is 20.2 Å². The Labute approximate surface area is 154 Å². The lowest BCUT2D eigenvalue weighted by atomic mass is 10.0. The number of nitrogens with one attached hydrogen (secondary N) is 1. The minimum absolute atomic E-state index is 0.0222. The zero-order valence-electron chi connectivity index (χ0n) is 15.6. The number of hydrogen-bond donors (Lipinski definition) is 1. The molecule has 5 heteroatoms. The molecule has 5 nitrogen and oxygen atoms in total. The fourth-order valence-electron chi connectivity index (χ4n) is 4.18. The van der Waals surface area contributed by atoms with Crippen LogP contribution < -0.4 is 5.32 Å². The van der Waals surface area contributed by atoms with Crippen molar-refractivity contribution in [3.05, 3.63) is 58.2 Å². The highest BCUT2D eigenvalue weighted by Gasteiger charge is 2.26. The van der Waals surface area contributed by atoms with E-state index in [4.69, 9.17) is 4.98 Å². The summed E-state index contributed by atoms with van der Waals surface area (Å²) < 4.78 is 0. The molecule has 1 aromatic carbocycles. The van der Waals surface area contributed by atoms with Gasteiger partial charge in [-0.3, -0.25) is 9.69 Å². The van der Waals surface area contributed by atoms with E-state index in [1.165, 1.54) is 24.0 Å². The monoisotopic (exact) mass is 350 g/mol. The highest BCUT2D eigenvalue weighted by atomic mass is 16.1. The minimum Gasteiger partial charge on any atom is -0.348 e. The quantitative estimate of drug-likeness (QED) is 0.921.